The van der Waals surface area contributed by atoms with E-state index in [4.69, 9.17) is 21.4 Å². The number of benzene rings is 1. The van der Waals surface area contributed by atoms with Gasteiger partial charge in [-0.1, -0.05) is 11.6 Å². The Labute approximate surface area is 130 Å². The van der Waals surface area contributed by atoms with Gasteiger partial charge in [-0.25, -0.2) is 0 Å². The number of halogens is 1. The molecule has 1 aliphatic heterocycles. The van der Waals surface area contributed by atoms with E-state index in [-0.39, 0.29) is 18.6 Å². The van der Waals surface area contributed by atoms with Crippen LogP contribution in [0.25, 0.3) is 0 Å². The van der Waals surface area contributed by atoms with Gasteiger partial charge in [0.15, 0.2) is 0 Å². The molecule has 4 nitrogen and oxygen atoms in total. The predicted molar refractivity (Wildman–Crippen MR) is 82.8 cm³/mol. The molecule has 116 valence electrons. The van der Waals surface area contributed by atoms with E-state index in [0.717, 1.165) is 37.8 Å². The Hall–Kier alpha value is -1.26. The molecule has 1 atom stereocenters. The maximum Gasteiger partial charge on any atom is 0.227 e. The van der Waals surface area contributed by atoms with Crippen LogP contribution in [0.5, 0.6) is 5.75 Å². The summed E-state index contributed by atoms with van der Waals surface area (Å²) in [6.45, 7) is 0.985. The van der Waals surface area contributed by atoms with Gasteiger partial charge >= 0.3 is 0 Å². The molecule has 5 heteroatoms. The van der Waals surface area contributed by atoms with Crippen LogP contribution in [0.2, 0.25) is 5.02 Å². The smallest absolute Gasteiger partial charge is 0.227 e. The molecule has 1 heterocycles. The van der Waals surface area contributed by atoms with Gasteiger partial charge in [0.1, 0.15) is 5.75 Å². The summed E-state index contributed by atoms with van der Waals surface area (Å²) in [5.41, 5.74) is 0.822. The van der Waals surface area contributed by atoms with Crippen molar-refractivity contribution >= 4 is 17.5 Å². The fourth-order valence-corrected chi connectivity index (χ4v) is 3.14. The van der Waals surface area contributed by atoms with Gasteiger partial charge in [0, 0.05) is 29.8 Å². The number of hydrogen-bond donors (Lipinski definition) is 1. The molecule has 0 aromatic heterocycles. The molecule has 1 aliphatic rings. The molecule has 0 spiro atoms. The number of likely N-dealkylation sites (tertiary alicyclic amines) is 1. The number of carbonyl (C=O) groups excluding carboxylic acids is 1. The summed E-state index contributed by atoms with van der Waals surface area (Å²) in [6, 6.07) is 5.60. The second kappa shape index (κ2) is 7.66. The third-order valence-corrected chi connectivity index (χ3v) is 4.21. The summed E-state index contributed by atoms with van der Waals surface area (Å²) in [5.74, 6) is 0.801. The first kappa shape index (κ1) is 16.1. The number of nitrogens with zero attached hydrogens (tertiary/aromatic N) is 1. The first-order valence-electron chi connectivity index (χ1n) is 7.38. The summed E-state index contributed by atoms with van der Waals surface area (Å²) in [7, 11) is 1.59. The van der Waals surface area contributed by atoms with E-state index in [2.05, 4.69) is 0 Å². The van der Waals surface area contributed by atoms with E-state index in [9.17, 15) is 4.79 Å². The average Bonchev–Trinajstić information content (AvgIpc) is 2.94. The lowest BCUT2D eigenvalue weighted by Gasteiger charge is -2.25. The second-order valence-corrected chi connectivity index (χ2v) is 5.82. The zero-order valence-corrected chi connectivity index (χ0v) is 13.1. The molecule has 2 rings (SSSR count). The van der Waals surface area contributed by atoms with E-state index in [1.807, 2.05) is 4.90 Å². The summed E-state index contributed by atoms with van der Waals surface area (Å²) in [4.78, 5) is 14.5. The Bertz CT molecular complexity index is 492. The molecule has 21 heavy (non-hydrogen) atoms. The van der Waals surface area contributed by atoms with Crippen molar-refractivity contribution in [2.45, 2.75) is 38.1 Å². The van der Waals surface area contributed by atoms with Gasteiger partial charge in [-0.3, -0.25) is 4.79 Å². The fraction of sp³-hybridized carbons (Fsp3) is 0.562. The van der Waals surface area contributed by atoms with Crippen LogP contribution in [0.1, 0.15) is 31.2 Å². The Balaban J connectivity index is 2.05. The number of aliphatic hydroxyl groups excluding tert-OH is 1. The number of rotatable bonds is 6. The molecule has 0 radical (unpaired) electrons. The van der Waals surface area contributed by atoms with Gasteiger partial charge in [0.05, 0.1) is 13.5 Å². The van der Waals surface area contributed by atoms with Crippen LogP contribution < -0.4 is 4.74 Å². The summed E-state index contributed by atoms with van der Waals surface area (Å²) in [6.07, 6.45) is 3.98. The van der Waals surface area contributed by atoms with Crippen molar-refractivity contribution in [3.63, 3.8) is 0 Å². The predicted octanol–water partition coefficient (Wildman–Crippen LogP) is 2.65. The third-order valence-electron chi connectivity index (χ3n) is 3.98. The molecule has 1 aromatic rings. The molecular weight excluding hydrogens is 290 g/mol. The van der Waals surface area contributed by atoms with Gasteiger partial charge in [0.2, 0.25) is 5.91 Å². The molecule has 1 saturated heterocycles. The topological polar surface area (TPSA) is 49.8 Å². The van der Waals surface area contributed by atoms with Crippen molar-refractivity contribution in [2.75, 3.05) is 20.3 Å². The van der Waals surface area contributed by atoms with E-state index < -0.39 is 0 Å². The quantitative estimate of drug-likeness (QED) is 0.878. The highest BCUT2D eigenvalue weighted by molar-refractivity contribution is 6.30. The minimum absolute atomic E-state index is 0.107. The van der Waals surface area contributed by atoms with Crippen LogP contribution in [0.4, 0.5) is 0 Å². The van der Waals surface area contributed by atoms with Crippen molar-refractivity contribution in [1.82, 2.24) is 4.90 Å². The Kier molecular flexibility index (Phi) is 5.88. The number of methoxy groups -OCH3 is 1. The lowest BCUT2D eigenvalue weighted by molar-refractivity contribution is -0.131. The number of amides is 1. The minimum atomic E-state index is 0.107. The van der Waals surface area contributed by atoms with E-state index in [1.54, 1.807) is 25.3 Å². The molecule has 1 unspecified atom stereocenters. The van der Waals surface area contributed by atoms with E-state index in [0.29, 0.717) is 17.2 Å². The Morgan fingerprint density at radius 2 is 2.33 bits per heavy atom. The van der Waals surface area contributed by atoms with Gasteiger partial charge in [-0.05, 0) is 43.9 Å². The number of carbonyl (C=O) groups is 1. The molecule has 1 amide bonds. The van der Waals surface area contributed by atoms with Crippen LogP contribution in [0.15, 0.2) is 18.2 Å². The highest BCUT2D eigenvalue weighted by Crippen LogP contribution is 2.26. The third kappa shape index (κ3) is 4.11. The van der Waals surface area contributed by atoms with Crippen molar-refractivity contribution < 1.29 is 14.6 Å². The summed E-state index contributed by atoms with van der Waals surface area (Å²) >= 11 is 6.01. The second-order valence-electron chi connectivity index (χ2n) is 5.38. The first-order chi connectivity index (χ1) is 10.2. The van der Waals surface area contributed by atoms with Crippen LogP contribution in [0, 0.1) is 0 Å². The fourth-order valence-electron chi connectivity index (χ4n) is 2.94. The monoisotopic (exact) mass is 311 g/mol. The number of ether oxygens (including phenoxy) is 1. The first-order valence-corrected chi connectivity index (χ1v) is 7.76. The normalized spacial score (nSPS) is 18.0. The minimum Gasteiger partial charge on any atom is -0.496 e. The Morgan fingerprint density at radius 3 is 3.05 bits per heavy atom. The maximum atomic E-state index is 12.5. The lowest BCUT2D eigenvalue weighted by Crippen LogP contribution is -2.36. The zero-order chi connectivity index (χ0) is 15.2. The Morgan fingerprint density at radius 1 is 1.52 bits per heavy atom. The number of hydrogen-bond acceptors (Lipinski definition) is 3. The van der Waals surface area contributed by atoms with Gasteiger partial charge in [-0.15, -0.1) is 0 Å². The van der Waals surface area contributed by atoms with Gasteiger partial charge in [0.25, 0.3) is 0 Å². The number of aliphatic hydroxyl groups is 1. The van der Waals surface area contributed by atoms with Crippen molar-refractivity contribution in [3.8, 4) is 5.75 Å². The molecule has 0 bridgehead atoms. The van der Waals surface area contributed by atoms with Crippen LogP contribution in [-0.2, 0) is 11.2 Å². The lowest BCUT2D eigenvalue weighted by atomic mass is 10.1. The standard InChI is InChI=1S/C16H22ClNO3/c1-21-15-7-6-13(17)10-12(15)11-16(20)18-8-2-4-14(18)5-3-9-19/h6-7,10,14,19H,2-5,8-9,11H2,1H3. The molecule has 0 aliphatic carbocycles. The molecule has 0 saturated carbocycles. The van der Waals surface area contributed by atoms with Crippen LogP contribution >= 0.6 is 11.6 Å². The van der Waals surface area contributed by atoms with Gasteiger partial charge in [-0.2, -0.15) is 0 Å². The van der Waals surface area contributed by atoms with E-state index >= 15 is 0 Å². The van der Waals surface area contributed by atoms with Crippen molar-refractivity contribution in [2.24, 2.45) is 0 Å². The van der Waals surface area contributed by atoms with Crippen molar-refractivity contribution in [1.29, 1.82) is 0 Å². The molecular formula is C16H22ClNO3. The maximum absolute atomic E-state index is 12.5. The molecule has 1 N–H and O–H groups in total. The largest absolute Gasteiger partial charge is 0.496 e. The zero-order valence-electron chi connectivity index (χ0n) is 12.3. The highest BCUT2D eigenvalue weighted by Gasteiger charge is 2.28. The van der Waals surface area contributed by atoms with Gasteiger partial charge < -0.3 is 14.7 Å². The highest BCUT2D eigenvalue weighted by atomic mass is 35.5. The molecule has 1 fully saturated rings. The van der Waals surface area contributed by atoms with E-state index in [1.165, 1.54) is 0 Å². The molecule has 1 aromatic carbocycles. The summed E-state index contributed by atoms with van der Waals surface area (Å²) in [5, 5.41) is 9.56. The van der Waals surface area contributed by atoms with Crippen LogP contribution in [0.3, 0.4) is 0 Å². The van der Waals surface area contributed by atoms with Crippen LogP contribution in [-0.4, -0.2) is 42.2 Å². The SMILES string of the molecule is COc1ccc(Cl)cc1CC(=O)N1CCCC1CCCO. The summed E-state index contributed by atoms with van der Waals surface area (Å²) < 4.78 is 5.29. The van der Waals surface area contributed by atoms with Crippen molar-refractivity contribution in [3.05, 3.63) is 28.8 Å². The average molecular weight is 312 g/mol.